The van der Waals surface area contributed by atoms with E-state index in [1.54, 1.807) is 0 Å². The molecule has 0 unspecified atom stereocenters. The number of esters is 1. The molecule has 1 saturated carbocycles. The Kier molecular flexibility index (Phi) is 9.14. The predicted octanol–water partition coefficient (Wildman–Crippen LogP) is 5.14. The summed E-state index contributed by atoms with van der Waals surface area (Å²) in [6.45, 7) is 5.93. The first-order chi connectivity index (χ1) is 17.6. The van der Waals surface area contributed by atoms with E-state index in [4.69, 9.17) is 14.6 Å². The lowest BCUT2D eigenvalue weighted by Crippen LogP contribution is -2.36. The fourth-order valence-electron chi connectivity index (χ4n) is 4.28. The molecule has 1 N–H and O–H groups in total. The van der Waals surface area contributed by atoms with Crippen molar-refractivity contribution in [2.24, 2.45) is 5.92 Å². The molecule has 36 heavy (non-hydrogen) atoms. The maximum atomic E-state index is 11.8. The molecule has 0 spiro atoms. The zero-order valence-corrected chi connectivity index (χ0v) is 21.3. The average molecular weight is 492 g/mol. The highest BCUT2D eigenvalue weighted by Crippen LogP contribution is 2.34. The lowest BCUT2D eigenvalue weighted by molar-refractivity contribution is -0.147. The Morgan fingerprint density at radius 3 is 2.44 bits per heavy atom. The van der Waals surface area contributed by atoms with E-state index in [1.807, 2.05) is 72.3 Å². The number of rotatable bonds is 14. The summed E-state index contributed by atoms with van der Waals surface area (Å²) in [5.41, 5.74) is 2.91. The van der Waals surface area contributed by atoms with E-state index >= 15 is 0 Å². The van der Waals surface area contributed by atoms with Crippen molar-refractivity contribution >= 4 is 5.97 Å². The van der Waals surface area contributed by atoms with E-state index in [9.17, 15) is 9.90 Å². The van der Waals surface area contributed by atoms with Gasteiger partial charge in [-0.1, -0.05) is 50.2 Å². The molecule has 1 atom stereocenters. The van der Waals surface area contributed by atoms with Gasteiger partial charge in [0.05, 0.1) is 16.9 Å². The summed E-state index contributed by atoms with van der Waals surface area (Å²) in [6, 6.07) is 19.7. The van der Waals surface area contributed by atoms with Gasteiger partial charge in [-0.25, -0.2) is 4.68 Å². The van der Waals surface area contributed by atoms with Gasteiger partial charge < -0.3 is 14.6 Å². The van der Waals surface area contributed by atoms with Crippen LogP contribution in [0.1, 0.15) is 50.8 Å². The summed E-state index contributed by atoms with van der Waals surface area (Å²) in [6.07, 6.45) is 3.52. The van der Waals surface area contributed by atoms with Gasteiger partial charge in [0, 0.05) is 26.1 Å². The molecule has 0 radical (unpaired) electrons. The number of aliphatic hydroxyl groups excluding tert-OH is 1. The fraction of sp³-hybridized carbons (Fsp3) is 0.448. The minimum atomic E-state index is -0.753. The Morgan fingerprint density at radius 1 is 1.11 bits per heavy atom. The van der Waals surface area contributed by atoms with Gasteiger partial charge in [0.2, 0.25) is 5.88 Å². The molecule has 1 aromatic heterocycles. The van der Waals surface area contributed by atoms with Crippen LogP contribution in [0.4, 0.5) is 0 Å². The number of aliphatic hydroxyl groups is 1. The highest BCUT2D eigenvalue weighted by atomic mass is 16.5. The Morgan fingerprint density at radius 2 is 1.81 bits per heavy atom. The second-order valence-corrected chi connectivity index (χ2v) is 9.47. The van der Waals surface area contributed by atoms with E-state index in [0.717, 1.165) is 42.1 Å². The van der Waals surface area contributed by atoms with Crippen molar-refractivity contribution in [3.8, 4) is 17.3 Å². The predicted molar refractivity (Wildman–Crippen MR) is 139 cm³/mol. The lowest BCUT2D eigenvalue weighted by atomic mass is 10.1. The molecule has 192 valence electrons. The molecule has 0 amide bonds. The molecular weight excluding hydrogens is 454 g/mol. The largest absolute Gasteiger partial charge is 0.463 e. The molecule has 7 nitrogen and oxygen atoms in total. The molecule has 4 rings (SSSR count). The standard InChI is InChI=1S/C29H37N3O4/c1-3-11-28(34)35-21-24(33)19-31(18-22-16-17-22)20-26-27(4-2)30-32(23-12-7-5-8-13-23)29(26)36-25-14-9-6-10-15-25/h5-10,12-15,22,24,33H,3-4,11,16-21H2,1-2H3/t24-/m1/s1. The number of nitrogens with zero attached hydrogens (tertiary/aromatic N) is 3. The van der Waals surface area contributed by atoms with Gasteiger partial charge in [-0.2, -0.15) is 5.10 Å². The smallest absolute Gasteiger partial charge is 0.305 e. The quantitative estimate of drug-likeness (QED) is 0.315. The van der Waals surface area contributed by atoms with Crippen molar-refractivity contribution in [1.29, 1.82) is 0 Å². The lowest BCUT2D eigenvalue weighted by Gasteiger charge is -2.25. The first-order valence-electron chi connectivity index (χ1n) is 13.0. The van der Waals surface area contributed by atoms with Gasteiger partial charge in [0.1, 0.15) is 18.5 Å². The second-order valence-electron chi connectivity index (χ2n) is 9.47. The number of hydrogen-bond donors (Lipinski definition) is 1. The number of benzene rings is 2. The molecule has 1 fully saturated rings. The zero-order chi connectivity index (χ0) is 25.3. The molecule has 0 bridgehead atoms. The third kappa shape index (κ3) is 7.18. The molecular formula is C29H37N3O4. The van der Waals surface area contributed by atoms with Crippen LogP contribution in [-0.2, 0) is 22.5 Å². The number of carbonyl (C=O) groups is 1. The third-order valence-electron chi connectivity index (χ3n) is 6.27. The van der Waals surface area contributed by atoms with Crippen LogP contribution in [0.3, 0.4) is 0 Å². The van der Waals surface area contributed by atoms with Gasteiger partial charge in [-0.15, -0.1) is 0 Å². The maximum Gasteiger partial charge on any atom is 0.305 e. The van der Waals surface area contributed by atoms with Crippen LogP contribution in [0.15, 0.2) is 60.7 Å². The number of ether oxygens (including phenoxy) is 2. The summed E-state index contributed by atoms with van der Waals surface area (Å²) >= 11 is 0. The minimum Gasteiger partial charge on any atom is -0.463 e. The van der Waals surface area contributed by atoms with E-state index < -0.39 is 6.10 Å². The van der Waals surface area contributed by atoms with Crippen molar-refractivity contribution in [2.45, 2.75) is 58.6 Å². The average Bonchev–Trinajstić information content (AvgIpc) is 3.65. The Hall–Kier alpha value is -3.16. The monoisotopic (exact) mass is 491 g/mol. The minimum absolute atomic E-state index is 0.0112. The van der Waals surface area contributed by atoms with Crippen molar-refractivity contribution < 1.29 is 19.4 Å². The third-order valence-corrected chi connectivity index (χ3v) is 6.27. The van der Waals surface area contributed by atoms with Crippen LogP contribution in [-0.4, -0.2) is 51.6 Å². The normalized spacial score (nSPS) is 14.1. The summed E-state index contributed by atoms with van der Waals surface area (Å²) < 4.78 is 13.6. The highest BCUT2D eigenvalue weighted by molar-refractivity contribution is 5.69. The molecule has 3 aromatic rings. The van der Waals surface area contributed by atoms with Crippen LogP contribution in [0.25, 0.3) is 5.69 Å². The SMILES string of the molecule is CCCC(=O)OC[C@H](O)CN(Cc1c(CC)nn(-c2ccccc2)c1Oc1ccccc1)CC1CC1. The fourth-order valence-corrected chi connectivity index (χ4v) is 4.28. The van der Waals surface area contributed by atoms with Gasteiger partial charge in [0.15, 0.2) is 0 Å². The van der Waals surface area contributed by atoms with Crippen LogP contribution in [0.5, 0.6) is 11.6 Å². The van der Waals surface area contributed by atoms with Gasteiger partial charge in [-0.05, 0) is 55.9 Å². The van der Waals surface area contributed by atoms with Crippen LogP contribution in [0.2, 0.25) is 0 Å². The first kappa shape index (κ1) is 25.9. The molecule has 1 heterocycles. The van der Waals surface area contributed by atoms with Crippen LogP contribution < -0.4 is 4.74 Å². The first-order valence-corrected chi connectivity index (χ1v) is 13.0. The molecule has 7 heteroatoms. The van der Waals surface area contributed by atoms with Crippen LogP contribution in [0, 0.1) is 5.92 Å². The maximum absolute atomic E-state index is 11.8. The van der Waals surface area contributed by atoms with Crippen LogP contribution >= 0.6 is 0 Å². The van der Waals surface area contributed by atoms with E-state index in [0.29, 0.717) is 31.3 Å². The summed E-state index contributed by atoms with van der Waals surface area (Å²) in [5.74, 6) is 1.80. The van der Waals surface area contributed by atoms with E-state index in [1.165, 1.54) is 12.8 Å². The van der Waals surface area contributed by atoms with Crippen molar-refractivity contribution in [1.82, 2.24) is 14.7 Å². The van der Waals surface area contributed by atoms with Gasteiger partial charge in [0.25, 0.3) is 0 Å². The Labute approximate surface area is 213 Å². The number of para-hydroxylation sites is 2. The molecule has 2 aromatic carbocycles. The molecule has 0 aliphatic heterocycles. The Bertz CT molecular complexity index is 1100. The zero-order valence-electron chi connectivity index (χ0n) is 21.3. The number of hydrogen-bond acceptors (Lipinski definition) is 6. The van der Waals surface area contributed by atoms with Crippen molar-refractivity contribution in [3.63, 3.8) is 0 Å². The van der Waals surface area contributed by atoms with Crippen molar-refractivity contribution in [2.75, 3.05) is 19.7 Å². The summed E-state index contributed by atoms with van der Waals surface area (Å²) in [5, 5.41) is 15.6. The molecule has 1 aliphatic rings. The number of aromatic nitrogens is 2. The molecule has 0 saturated heterocycles. The number of aryl methyl sites for hydroxylation is 1. The highest BCUT2D eigenvalue weighted by Gasteiger charge is 2.29. The Balaban J connectivity index is 1.60. The number of carbonyl (C=O) groups excluding carboxylic acids is 1. The topological polar surface area (TPSA) is 76.8 Å². The second kappa shape index (κ2) is 12.7. The van der Waals surface area contributed by atoms with E-state index in [-0.39, 0.29) is 12.6 Å². The summed E-state index contributed by atoms with van der Waals surface area (Å²) in [4.78, 5) is 14.0. The van der Waals surface area contributed by atoms with Gasteiger partial charge >= 0.3 is 5.97 Å². The van der Waals surface area contributed by atoms with Gasteiger partial charge in [-0.3, -0.25) is 9.69 Å². The van der Waals surface area contributed by atoms with E-state index in [2.05, 4.69) is 11.8 Å². The molecule has 1 aliphatic carbocycles. The summed E-state index contributed by atoms with van der Waals surface area (Å²) in [7, 11) is 0. The van der Waals surface area contributed by atoms with Crippen molar-refractivity contribution in [3.05, 3.63) is 71.9 Å².